The Balaban J connectivity index is 2.35. The van der Waals surface area contributed by atoms with Crippen LogP contribution in [0.4, 0.5) is 0 Å². The van der Waals surface area contributed by atoms with E-state index in [-0.39, 0.29) is 4.90 Å². The number of benzene rings is 1. The number of aryl methyl sites for hydroxylation is 2. The molecule has 0 spiro atoms. The highest BCUT2D eigenvalue weighted by Crippen LogP contribution is 2.31. The fourth-order valence-corrected chi connectivity index (χ4v) is 3.16. The van der Waals surface area contributed by atoms with E-state index in [4.69, 9.17) is 9.88 Å². The minimum atomic E-state index is -3.73. The monoisotopic (exact) mass is 309 g/mol. The molecule has 2 N–H and O–H groups in total. The molecular weight excluding hydrogens is 290 g/mol. The van der Waals surface area contributed by atoms with E-state index in [1.54, 1.807) is 30.8 Å². The molecule has 0 fully saturated rings. The van der Waals surface area contributed by atoms with E-state index in [0.29, 0.717) is 17.9 Å². The van der Waals surface area contributed by atoms with E-state index in [1.807, 2.05) is 20.2 Å². The van der Waals surface area contributed by atoms with Crippen LogP contribution in [0, 0.1) is 20.8 Å². The summed E-state index contributed by atoms with van der Waals surface area (Å²) in [5.41, 5.74) is 3.09. The maximum Gasteiger partial charge on any atom is 0.238 e. The van der Waals surface area contributed by atoms with Crippen molar-refractivity contribution in [1.29, 1.82) is 0 Å². The summed E-state index contributed by atoms with van der Waals surface area (Å²) in [6, 6.07) is 1.55. The molecule has 7 heteroatoms. The maximum atomic E-state index is 11.6. The minimum Gasteiger partial charge on any atom is -0.488 e. The van der Waals surface area contributed by atoms with Crippen LogP contribution in [0.5, 0.6) is 5.75 Å². The molecule has 0 saturated heterocycles. The number of aromatic nitrogens is 2. The molecule has 0 aliphatic carbocycles. The highest BCUT2D eigenvalue weighted by atomic mass is 32.2. The molecule has 0 radical (unpaired) electrons. The Labute approximate surface area is 124 Å². The highest BCUT2D eigenvalue weighted by Gasteiger charge is 2.18. The van der Waals surface area contributed by atoms with Crippen molar-refractivity contribution in [3.05, 3.63) is 40.7 Å². The first-order valence-electron chi connectivity index (χ1n) is 6.44. The zero-order valence-corrected chi connectivity index (χ0v) is 13.4. The van der Waals surface area contributed by atoms with Crippen LogP contribution in [-0.4, -0.2) is 18.2 Å². The van der Waals surface area contributed by atoms with Crippen LogP contribution in [-0.2, 0) is 23.7 Å². The Kier molecular flexibility index (Phi) is 4.06. The quantitative estimate of drug-likeness (QED) is 0.928. The van der Waals surface area contributed by atoms with Crippen molar-refractivity contribution in [2.75, 3.05) is 0 Å². The topological polar surface area (TPSA) is 87.2 Å². The van der Waals surface area contributed by atoms with Gasteiger partial charge in [0.15, 0.2) is 0 Å². The van der Waals surface area contributed by atoms with Gasteiger partial charge in [-0.25, -0.2) is 13.6 Å². The van der Waals surface area contributed by atoms with Crippen LogP contribution in [0.25, 0.3) is 0 Å². The van der Waals surface area contributed by atoms with E-state index >= 15 is 0 Å². The number of rotatable bonds is 4. The predicted molar refractivity (Wildman–Crippen MR) is 79.6 cm³/mol. The second kappa shape index (κ2) is 5.50. The molecule has 21 heavy (non-hydrogen) atoms. The normalized spacial score (nSPS) is 11.7. The summed E-state index contributed by atoms with van der Waals surface area (Å²) in [5.74, 6) is 0.684. The summed E-state index contributed by atoms with van der Waals surface area (Å²) in [7, 11) is -1.89. The third kappa shape index (κ3) is 3.25. The highest BCUT2D eigenvalue weighted by molar-refractivity contribution is 7.89. The first-order chi connectivity index (χ1) is 9.70. The van der Waals surface area contributed by atoms with Gasteiger partial charge in [-0.15, -0.1) is 0 Å². The van der Waals surface area contributed by atoms with Crippen LogP contribution in [0.3, 0.4) is 0 Å². The van der Waals surface area contributed by atoms with Gasteiger partial charge in [0, 0.05) is 18.8 Å². The molecule has 0 unspecified atom stereocenters. The van der Waals surface area contributed by atoms with Crippen LogP contribution in [0.15, 0.2) is 23.4 Å². The van der Waals surface area contributed by atoms with Crippen molar-refractivity contribution in [2.24, 2.45) is 12.2 Å². The molecule has 6 nitrogen and oxygen atoms in total. The fraction of sp³-hybridized carbons (Fsp3) is 0.357. The Morgan fingerprint density at radius 2 is 1.95 bits per heavy atom. The lowest BCUT2D eigenvalue weighted by Crippen LogP contribution is -2.15. The van der Waals surface area contributed by atoms with Crippen molar-refractivity contribution >= 4 is 10.0 Å². The van der Waals surface area contributed by atoms with E-state index < -0.39 is 10.0 Å². The Bertz CT molecular complexity index is 779. The summed E-state index contributed by atoms with van der Waals surface area (Å²) < 4.78 is 30.7. The van der Waals surface area contributed by atoms with Gasteiger partial charge >= 0.3 is 0 Å². The van der Waals surface area contributed by atoms with E-state index in [9.17, 15) is 8.42 Å². The Morgan fingerprint density at radius 3 is 2.48 bits per heavy atom. The lowest BCUT2D eigenvalue weighted by molar-refractivity contribution is 0.301. The predicted octanol–water partition coefficient (Wildman–Crippen LogP) is 1.57. The van der Waals surface area contributed by atoms with Crippen LogP contribution >= 0.6 is 0 Å². The van der Waals surface area contributed by atoms with Gasteiger partial charge < -0.3 is 4.74 Å². The third-order valence-corrected chi connectivity index (χ3v) is 4.46. The molecule has 1 aromatic heterocycles. The number of ether oxygens (including phenoxy) is 1. The average molecular weight is 309 g/mol. The van der Waals surface area contributed by atoms with Crippen molar-refractivity contribution in [1.82, 2.24) is 9.78 Å². The maximum absolute atomic E-state index is 11.6. The van der Waals surface area contributed by atoms with Gasteiger partial charge in [-0.05, 0) is 43.5 Å². The number of nitrogens with two attached hydrogens (primary N) is 1. The fourth-order valence-electron chi connectivity index (χ4n) is 2.24. The summed E-state index contributed by atoms with van der Waals surface area (Å²) in [6.45, 7) is 5.74. The summed E-state index contributed by atoms with van der Waals surface area (Å²) in [4.78, 5) is 0.145. The molecular formula is C14H19N3O3S. The molecule has 0 aliphatic heterocycles. The molecule has 0 atom stereocenters. The average Bonchev–Trinajstić information content (AvgIpc) is 2.78. The number of primary sulfonamides is 1. The van der Waals surface area contributed by atoms with Gasteiger partial charge in [0.1, 0.15) is 12.4 Å². The van der Waals surface area contributed by atoms with Crippen molar-refractivity contribution in [2.45, 2.75) is 32.3 Å². The van der Waals surface area contributed by atoms with Crippen molar-refractivity contribution in [3.8, 4) is 5.75 Å². The smallest absolute Gasteiger partial charge is 0.238 e. The van der Waals surface area contributed by atoms with Gasteiger partial charge in [-0.3, -0.25) is 4.68 Å². The number of hydrogen-bond donors (Lipinski definition) is 1. The third-order valence-electron chi connectivity index (χ3n) is 3.43. The van der Waals surface area contributed by atoms with E-state index in [0.717, 1.165) is 16.7 Å². The molecule has 1 heterocycles. The number of nitrogens with zero attached hydrogens (tertiary/aromatic N) is 2. The van der Waals surface area contributed by atoms with Gasteiger partial charge in [-0.1, -0.05) is 0 Å². The first kappa shape index (κ1) is 15.5. The molecule has 0 amide bonds. The molecule has 2 rings (SSSR count). The van der Waals surface area contributed by atoms with Crippen LogP contribution < -0.4 is 9.88 Å². The van der Waals surface area contributed by atoms with E-state index in [1.165, 1.54) is 0 Å². The van der Waals surface area contributed by atoms with Gasteiger partial charge in [0.05, 0.1) is 11.1 Å². The van der Waals surface area contributed by atoms with Crippen LogP contribution in [0.2, 0.25) is 0 Å². The Hall–Kier alpha value is -1.86. The van der Waals surface area contributed by atoms with Gasteiger partial charge in [-0.2, -0.15) is 5.10 Å². The van der Waals surface area contributed by atoms with Crippen LogP contribution in [0.1, 0.15) is 22.3 Å². The standard InChI is InChI=1S/C14H19N3O3S/c1-9-5-13(21(15,18)19)10(2)11(3)14(9)20-8-12-6-16-17(4)7-12/h5-7H,8H2,1-4H3,(H2,15,18,19). The minimum absolute atomic E-state index is 0.145. The zero-order valence-electron chi connectivity index (χ0n) is 12.5. The number of sulfonamides is 1. The van der Waals surface area contributed by atoms with Crippen molar-refractivity contribution < 1.29 is 13.2 Å². The number of hydrogen-bond acceptors (Lipinski definition) is 4. The summed E-state index contributed by atoms with van der Waals surface area (Å²) >= 11 is 0. The molecule has 0 saturated carbocycles. The molecule has 0 bridgehead atoms. The molecule has 114 valence electrons. The Morgan fingerprint density at radius 1 is 1.29 bits per heavy atom. The lowest BCUT2D eigenvalue weighted by Gasteiger charge is -2.16. The summed E-state index contributed by atoms with van der Waals surface area (Å²) in [5, 5.41) is 9.31. The molecule has 2 aromatic rings. The SMILES string of the molecule is Cc1cc(S(N)(=O)=O)c(C)c(C)c1OCc1cnn(C)c1. The zero-order chi connectivity index (χ0) is 15.8. The lowest BCUT2D eigenvalue weighted by atomic mass is 10.1. The first-order valence-corrected chi connectivity index (χ1v) is 7.98. The largest absolute Gasteiger partial charge is 0.488 e. The van der Waals surface area contributed by atoms with E-state index in [2.05, 4.69) is 5.10 Å². The second-order valence-electron chi connectivity index (χ2n) is 5.13. The van der Waals surface area contributed by atoms with Crippen molar-refractivity contribution in [3.63, 3.8) is 0 Å². The van der Waals surface area contributed by atoms with Gasteiger partial charge in [0.2, 0.25) is 10.0 Å². The molecule has 0 aliphatic rings. The second-order valence-corrected chi connectivity index (χ2v) is 6.66. The summed E-state index contributed by atoms with van der Waals surface area (Å²) in [6.07, 6.45) is 3.60. The molecule has 1 aromatic carbocycles. The van der Waals surface area contributed by atoms with Gasteiger partial charge in [0.25, 0.3) is 0 Å².